The summed E-state index contributed by atoms with van der Waals surface area (Å²) in [5.74, 6) is -4.24. The van der Waals surface area contributed by atoms with E-state index < -0.39 is 24.3 Å². The first kappa shape index (κ1) is 31.6. The molecule has 2 aromatic rings. The van der Waals surface area contributed by atoms with E-state index in [-0.39, 0.29) is 11.4 Å². The van der Waals surface area contributed by atoms with Gasteiger partial charge in [0.05, 0.1) is 18.6 Å². The Balaban J connectivity index is 0.000000317. The first-order chi connectivity index (χ1) is 18.0. The molecule has 10 nitrogen and oxygen atoms in total. The highest BCUT2D eigenvalue weighted by Gasteiger charge is 2.47. The molecule has 2 aliphatic heterocycles. The number of carboxylic acids is 2. The normalized spacial score (nSPS) is 20.2. The number of anilines is 1. The van der Waals surface area contributed by atoms with Gasteiger partial charge >= 0.3 is 24.3 Å². The van der Waals surface area contributed by atoms with Gasteiger partial charge in [-0.05, 0) is 25.6 Å². The minimum Gasteiger partial charge on any atom is -0.475 e. The third-order valence-electron chi connectivity index (χ3n) is 6.19. The number of imidazole rings is 1. The van der Waals surface area contributed by atoms with Gasteiger partial charge in [-0.3, -0.25) is 14.6 Å². The number of aryl methyl sites for hydroxylation is 1. The van der Waals surface area contributed by atoms with Crippen molar-refractivity contribution >= 4 is 23.5 Å². The lowest BCUT2D eigenvalue weighted by Gasteiger charge is -2.47. The van der Waals surface area contributed by atoms with Crippen molar-refractivity contribution < 1.29 is 50.9 Å². The van der Waals surface area contributed by atoms with Gasteiger partial charge in [-0.2, -0.15) is 26.3 Å². The van der Waals surface area contributed by atoms with Crippen molar-refractivity contribution in [2.45, 2.75) is 30.9 Å². The number of likely N-dealkylation sites (N-methyl/N-ethyl adjacent to an activating group) is 1. The van der Waals surface area contributed by atoms with Crippen LogP contribution in [0.2, 0.25) is 0 Å². The topological polar surface area (TPSA) is 119 Å². The van der Waals surface area contributed by atoms with Crippen molar-refractivity contribution in [3.05, 3.63) is 48.5 Å². The van der Waals surface area contributed by atoms with E-state index in [0.29, 0.717) is 6.54 Å². The molecular weight excluding hydrogens is 540 g/mol. The van der Waals surface area contributed by atoms with Crippen LogP contribution in [0.3, 0.4) is 0 Å². The highest BCUT2D eigenvalue weighted by molar-refractivity contribution is 5.96. The molecule has 4 rings (SSSR count). The van der Waals surface area contributed by atoms with E-state index in [1.54, 1.807) is 0 Å². The van der Waals surface area contributed by atoms with Crippen LogP contribution < -0.4 is 4.90 Å². The summed E-state index contributed by atoms with van der Waals surface area (Å²) in [6.45, 7) is 4.09. The molecule has 39 heavy (non-hydrogen) atoms. The van der Waals surface area contributed by atoms with Gasteiger partial charge in [0.25, 0.3) is 0 Å². The number of benzene rings is 1. The maximum Gasteiger partial charge on any atom is 0.490 e. The number of carbonyl (C=O) groups is 3. The Morgan fingerprint density at radius 2 is 1.51 bits per heavy atom. The lowest BCUT2D eigenvalue weighted by molar-refractivity contribution is -0.193. The molecule has 2 fully saturated rings. The van der Waals surface area contributed by atoms with Crippen molar-refractivity contribution in [2.24, 2.45) is 7.05 Å². The van der Waals surface area contributed by atoms with E-state index in [0.717, 1.165) is 44.1 Å². The van der Waals surface area contributed by atoms with E-state index in [4.69, 9.17) is 19.8 Å². The molecule has 1 amide bonds. The van der Waals surface area contributed by atoms with Crippen molar-refractivity contribution in [3.8, 4) is 0 Å². The fraction of sp³-hybridized carbons (Fsp3) is 0.478. The van der Waals surface area contributed by atoms with Gasteiger partial charge in [0.15, 0.2) is 0 Å². The SMILES string of the molecule is CN1CC(=O)N(c2ccccc2)CC12CCN(Cc1nccn1C)C2.O=C(O)C(F)(F)F.O=C(O)C(F)(F)F. The number of piperazine rings is 1. The molecule has 1 aromatic carbocycles. The standard InChI is InChI=1S/C19H25N5O.2C2HF3O2/c1-21-11-9-20-17(21)12-23-10-8-19(14-23)15-24(18(25)13-22(19)2)16-6-4-3-5-7-16;2*3-2(4,5)1(6)7/h3-7,9,11H,8,10,12-15H2,1-2H3;2*(H,6,7). The largest absolute Gasteiger partial charge is 0.490 e. The van der Waals surface area contributed by atoms with E-state index in [2.05, 4.69) is 26.4 Å². The molecule has 1 aromatic heterocycles. The maximum absolute atomic E-state index is 12.6. The first-order valence-corrected chi connectivity index (χ1v) is 11.3. The Labute approximate surface area is 219 Å². The predicted molar refractivity (Wildman–Crippen MR) is 125 cm³/mol. The van der Waals surface area contributed by atoms with Crippen LogP contribution in [0.1, 0.15) is 12.2 Å². The second-order valence-corrected chi connectivity index (χ2v) is 8.92. The number of carboxylic acid groups (broad SMARTS) is 2. The lowest BCUT2D eigenvalue weighted by atomic mass is 9.92. The van der Waals surface area contributed by atoms with E-state index in [1.807, 2.05) is 54.7 Å². The molecule has 2 N–H and O–H groups in total. The molecule has 0 radical (unpaired) electrons. The van der Waals surface area contributed by atoms with Crippen LogP contribution in [-0.4, -0.2) is 98.5 Å². The highest BCUT2D eigenvalue weighted by atomic mass is 19.4. The summed E-state index contributed by atoms with van der Waals surface area (Å²) in [5, 5.41) is 14.2. The molecule has 16 heteroatoms. The smallest absolute Gasteiger partial charge is 0.475 e. The maximum atomic E-state index is 12.6. The van der Waals surface area contributed by atoms with E-state index in [9.17, 15) is 31.1 Å². The van der Waals surface area contributed by atoms with Crippen LogP contribution in [-0.2, 0) is 28.0 Å². The van der Waals surface area contributed by atoms with Crippen molar-refractivity contribution in [3.63, 3.8) is 0 Å². The molecule has 2 aliphatic rings. The molecule has 216 valence electrons. The van der Waals surface area contributed by atoms with Gasteiger partial charge in [-0.1, -0.05) is 18.2 Å². The average Bonchev–Trinajstić information content (AvgIpc) is 3.43. The number of carbonyl (C=O) groups excluding carboxylic acids is 1. The van der Waals surface area contributed by atoms with Gasteiger partial charge < -0.3 is 19.7 Å². The number of aromatic nitrogens is 2. The van der Waals surface area contributed by atoms with Crippen molar-refractivity contribution in [2.75, 3.05) is 38.1 Å². The molecule has 1 spiro atoms. The quantitative estimate of drug-likeness (QED) is 0.544. The number of amides is 1. The van der Waals surface area contributed by atoms with Gasteiger partial charge in [0.1, 0.15) is 5.82 Å². The number of nitrogens with zero attached hydrogens (tertiary/aromatic N) is 5. The molecule has 1 atom stereocenters. The van der Waals surface area contributed by atoms with Gasteiger partial charge in [-0.25, -0.2) is 14.6 Å². The zero-order valence-corrected chi connectivity index (χ0v) is 20.9. The number of halogens is 6. The number of hydrogen-bond acceptors (Lipinski definition) is 6. The summed E-state index contributed by atoms with van der Waals surface area (Å²) in [7, 11) is 4.13. The number of hydrogen-bond donors (Lipinski definition) is 2. The molecule has 0 saturated carbocycles. The van der Waals surface area contributed by atoms with Crippen LogP contribution >= 0.6 is 0 Å². The Kier molecular flexibility index (Phi) is 10.1. The van der Waals surface area contributed by atoms with E-state index in [1.165, 1.54) is 0 Å². The van der Waals surface area contributed by atoms with E-state index >= 15 is 0 Å². The summed E-state index contributed by atoms with van der Waals surface area (Å²) in [6, 6.07) is 10.0. The minimum atomic E-state index is -5.08. The number of likely N-dealkylation sites (tertiary alicyclic amines) is 1. The summed E-state index contributed by atoms with van der Waals surface area (Å²) < 4.78 is 65.6. The van der Waals surface area contributed by atoms with Crippen molar-refractivity contribution in [1.82, 2.24) is 19.4 Å². The van der Waals surface area contributed by atoms with Crippen LogP contribution in [0.4, 0.5) is 32.0 Å². The summed E-state index contributed by atoms with van der Waals surface area (Å²) in [6.07, 6.45) is -5.25. The molecule has 0 bridgehead atoms. The van der Waals surface area contributed by atoms with Crippen LogP contribution in [0, 0.1) is 0 Å². The lowest BCUT2D eigenvalue weighted by Crippen LogP contribution is -2.64. The highest BCUT2D eigenvalue weighted by Crippen LogP contribution is 2.33. The van der Waals surface area contributed by atoms with Crippen LogP contribution in [0.5, 0.6) is 0 Å². The number of alkyl halides is 6. The molecule has 1 unspecified atom stereocenters. The van der Waals surface area contributed by atoms with Gasteiger partial charge in [0.2, 0.25) is 5.91 Å². The summed E-state index contributed by atoms with van der Waals surface area (Å²) >= 11 is 0. The van der Waals surface area contributed by atoms with Crippen LogP contribution in [0.25, 0.3) is 0 Å². The Morgan fingerprint density at radius 1 is 0.974 bits per heavy atom. The third kappa shape index (κ3) is 8.68. The number of rotatable bonds is 3. The second kappa shape index (κ2) is 12.5. The van der Waals surface area contributed by atoms with Crippen molar-refractivity contribution in [1.29, 1.82) is 0 Å². The Bertz CT molecular complexity index is 1120. The predicted octanol–water partition coefficient (Wildman–Crippen LogP) is 2.61. The van der Waals surface area contributed by atoms with Crippen LogP contribution in [0.15, 0.2) is 42.7 Å². The minimum absolute atomic E-state index is 0.0227. The summed E-state index contributed by atoms with van der Waals surface area (Å²) in [5.41, 5.74) is 1.03. The fourth-order valence-corrected chi connectivity index (χ4v) is 4.07. The average molecular weight is 567 g/mol. The Morgan fingerprint density at radius 3 is 1.97 bits per heavy atom. The monoisotopic (exact) mass is 567 g/mol. The Hall–Kier alpha value is -3.66. The second-order valence-electron chi connectivity index (χ2n) is 8.92. The zero-order valence-electron chi connectivity index (χ0n) is 20.9. The fourth-order valence-electron chi connectivity index (χ4n) is 4.07. The molecular formula is C23H27F6N5O5. The van der Waals surface area contributed by atoms with Gasteiger partial charge in [0, 0.05) is 44.8 Å². The first-order valence-electron chi connectivity index (χ1n) is 11.3. The third-order valence-corrected chi connectivity index (χ3v) is 6.19. The zero-order chi connectivity index (χ0) is 29.6. The molecule has 0 aliphatic carbocycles. The van der Waals surface area contributed by atoms with Gasteiger partial charge in [-0.15, -0.1) is 0 Å². The molecule has 2 saturated heterocycles. The number of aliphatic carboxylic acids is 2. The molecule has 3 heterocycles. The summed E-state index contributed by atoms with van der Waals surface area (Å²) in [4.78, 5) is 41.5. The number of para-hydroxylation sites is 1.